The molecule has 1 unspecified atom stereocenters. The molecule has 0 saturated carbocycles. The standard InChI is InChI=1S/C15H24N2O2/c1-13(12-18)10-16-11-14-2-4-15(5-3-14)17-6-8-19-9-7-17/h2-5,13,16,18H,6-12H2,1H3. The van der Waals surface area contributed by atoms with Crippen LogP contribution in [0.4, 0.5) is 5.69 Å². The predicted molar refractivity (Wildman–Crippen MR) is 77.4 cm³/mol. The van der Waals surface area contributed by atoms with Crippen molar-refractivity contribution in [2.45, 2.75) is 13.5 Å². The summed E-state index contributed by atoms with van der Waals surface area (Å²) in [6, 6.07) is 8.69. The van der Waals surface area contributed by atoms with E-state index in [2.05, 4.69) is 34.5 Å². The molecule has 1 fully saturated rings. The van der Waals surface area contributed by atoms with Gasteiger partial charge in [0.25, 0.3) is 0 Å². The van der Waals surface area contributed by atoms with Crippen LogP contribution in [-0.2, 0) is 11.3 Å². The smallest absolute Gasteiger partial charge is 0.0642 e. The van der Waals surface area contributed by atoms with Gasteiger partial charge in [-0.2, -0.15) is 0 Å². The van der Waals surface area contributed by atoms with Crippen LogP contribution in [-0.4, -0.2) is 44.6 Å². The number of morpholine rings is 1. The van der Waals surface area contributed by atoms with Gasteiger partial charge in [0.2, 0.25) is 0 Å². The first-order chi connectivity index (χ1) is 9.29. The van der Waals surface area contributed by atoms with Gasteiger partial charge in [-0.05, 0) is 23.6 Å². The number of benzene rings is 1. The van der Waals surface area contributed by atoms with Crippen molar-refractivity contribution in [3.63, 3.8) is 0 Å². The average molecular weight is 264 g/mol. The highest BCUT2D eigenvalue weighted by atomic mass is 16.5. The van der Waals surface area contributed by atoms with Crippen LogP contribution in [0.2, 0.25) is 0 Å². The average Bonchev–Trinajstić information content (AvgIpc) is 2.48. The molecule has 19 heavy (non-hydrogen) atoms. The van der Waals surface area contributed by atoms with Gasteiger partial charge in [0.05, 0.1) is 13.2 Å². The fourth-order valence-electron chi connectivity index (χ4n) is 2.17. The molecule has 1 aliphatic rings. The maximum absolute atomic E-state index is 8.96. The van der Waals surface area contributed by atoms with E-state index in [1.807, 2.05) is 6.92 Å². The number of rotatable bonds is 6. The molecule has 4 heteroatoms. The van der Waals surface area contributed by atoms with Gasteiger partial charge < -0.3 is 20.1 Å². The SMILES string of the molecule is CC(CO)CNCc1ccc(N2CCOCC2)cc1. The highest BCUT2D eigenvalue weighted by molar-refractivity contribution is 5.47. The molecule has 1 aromatic rings. The van der Waals surface area contributed by atoms with Crippen LogP contribution in [0, 0.1) is 5.92 Å². The van der Waals surface area contributed by atoms with Crippen LogP contribution in [0.3, 0.4) is 0 Å². The number of nitrogens with one attached hydrogen (secondary N) is 1. The first kappa shape index (κ1) is 14.3. The van der Waals surface area contributed by atoms with Gasteiger partial charge in [0.1, 0.15) is 0 Å². The lowest BCUT2D eigenvalue weighted by molar-refractivity contribution is 0.122. The molecule has 0 aliphatic carbocycles. The Morgan fingerprint density at radius 3 is 2.58 bits per heavy atom. The molecule has 1 heterocycles. The minimum atomic E-state index is 0.239. The number of aliphatic hydroxyl groups excluding tert-OH is 1. The Morgan fingerprint density at radius 1 is 1.26 bits per heavy atom. The van der Waals surface area contributed by atoms with Crippen molar-refractivity contribution in [1.29, 1.82) is 0 Å². The number of anilines is 1. The minimum absolute atomic E-state index is 0.239. The summed E-state index contributed by atoms with van der Waals surface area (Å²) in [5, 5.41) is 12.3. The molecule has 1 atom stereocenters. The monoisotopic (exact) mass is 264 g/mol. The number of ether oxygens (including phenoxy) is 1. The summed E-state index contributed by atoms with van der Waals surface area (Å²) >= 11 is 0. The molecule has 1 saturated heterocycles. The van der Waals surface area contributed by atoms with E-state index in [9.17, 15) is 0 Å². The van der Waals surface area contributed by atoms with E-state index in [0.29, 0.717) is 5.92 Å². The van der Waals surface area contributed by atoms with E-state index < -0.39 is 0 Å². The number of hydrogen-bond acceptors (Lipinski definition) is 4. The first-order valence-corrected chi connectivity index (χ1v) is 7.03. The van der Waals surface area contributed by atoms with Crippen molar-refractivity contribution in [3.05, 3.63) is 29.8 Å². The molecule has 1 aromatic carbocycles. The van der Waals surface area contributed by atoms with Gasteiger partial charge in [0, 0.05) is 38.5 Å². The van der Waals surface area contributed by atoms with Gasteiger partial charge in [-0.15, -0.1) is 0 Å². The lowest BCUT2D eigenvalue weighted by Crippen LogP contribution is -2.36. The number of hydrogen-bond donors (Lipinski definition) is 2. The molecule has 0 aromatic heterocycles. The Kier molecular flexibility index (Phi) is 5.63. The minimum Gasteiger partial charge on any atom is -0.396 e. The zero-order valence-corrected chi connectivity index (χ0v) is 11.6. The molecule has 0 bridgehead atoms. The fraction of sp³-hybridized carbons (Fsp3) is 0.600. The topological polar surface area (TPSA) is 44.7 Å². The molecule has 0 radical (unpaired) electrons. The largest absolute Gasteiger partial charge is 0.396 e. The van der Waals surface area contributed by atoms with Gasteiger partial charge in [-0.3, -0.25) is 0 Å². The highest BCUT2D eigenvalue weighted by Crippen LogP contribution is 2.16. The number of aliphatic hydroxyl groups is 1. The second kappa shape index (κ2) is 7.48. The fourth-order valence-corrected chi connectivity index (χ4v) is 2.17. The lowest BCUT2D eigenvalue weighted by atomic mass is 10.1. The molecule has 0 spiro atoms. The zero-order valence-electron chi connectivity index (χ0n) is 11.6. The van der Waals surface area contributed by atoms with Crippen molar-refractivity contribution in [2.75, 3.05) is 44.4 Å². The quantitative estimate of drug-likeness (QED) is 0.811. The van der Waals surface area contributed by atoms with Crippen LogP contribution >= 0.6 is 0 Å². The van der Waals surface area contributed by atoms with E-state index in [-0.39, 0.29) is 6.61 Å². The lowest BCUT2D eigenvalue weighted by Gasteiger charge is -2.28. The molecule has 106 valence electrons. The maximum Gasteiger partial charge on any atom is 0.0642 e. The number of nitrogens with zero attached hydrogens (tertiary/aromatic N) is 1. The van der Waals surface area contributed by atoms with Gasteiger partial charge in [0.15, 0.2) is 0 Å². The summed E-state index contributed by atoms with van der Waals surface area (Å²) in [7, 11) is 0. The molecule has 1 aliphatic heterocycles. The predicted octanol–water partition coefficient (Wildman–Crippen LogP) is 1.24. The normalized spacial score (nSPS) is 17.5. The summed E-state index contributed by atoms with van der Waals surface area (Å²) in [6.45, 7) is 7.58. The molecule has 0 amide bonds. The van der Waals surface area contributed by atoms with E-state index in [1.54, 1.807) is 0 Å². The van der Waals surface area contributed by atoms with Gasteiger partial charge in [-0.1, -0.05) is 19.1 Å². The zero-order chi connectivity index (χ0) is 13.5. The third kappa shape index (κ3) is 4.49. The summed E-state index contributed by atoms with van der Waals surface area (Å²) in [4.78, 5) is 2.36. The van der Waals surface area contributed by atoms with Crippen molar-refractivity contribution in [1.82, 2.24) is 5.32 Å². The van der Waals surface area contributed by atoms with Crippen molar-refractivity contribution < 1.29 is 9.84 Å². The molecule has 4 nitrogen and oxygen atoms in total. The molecular weight excluding hydrogens is 240 g/mol. The maximum atomic E-state index is 8.96. The third-order valence-electron chi connectivity index (χ3n) is 3.45. The Hall–Kier alpha value is -1.10. The van der Waals surface area contributed by atoms with Gasteiger partial charge >= 0.3 is 0 Å². The van der Waals surface area contributed by atoms with Crippen LogP contribution in [0.1, 0.15) is 12.5 Å². The van der Waals surface area contributed by atoms with E-state index >= 15 is 0 Å². The summed E-state index contributed by atoms with van der Waals surface area (Å²) in [6.07, 6.45) is 0. The van der Waals surface area contributed by atoms with Crippen LogP contribution < -0.4 is 10.2 Å². The van der Waals surface area contributed by atoms with Crippen molar-refractivity contribution in [2.24, 2.45) is 5.92 Å². The second-order valence-corrected chi connectivity index (χ2v) is 5.18. The Morgan fingerprint density at radius 2 is 1.95 bits per heavy atom. The van der Waals surface area contributed by atoms with E-state index in [1.165, 1.54) is 11.3 Å². The van der Waals surface area contributed by atoms with Crippen LogP contribution in [0.25, 0.3) is 0 Å². The summed E-state index contributed by atoms with van der Waals surface area (Å²) < 4.78 is 5.36. The highest BCUT2D eigenvalue weighted by Gasteiger charge is 2.10. The van der Waals surface area contributed by atoms with Crippen molar-refractivity contribution in [3.8, 4) is 0 Å². The molecular formula is C15H24N2O2. The Labute approximate surface area is 115 Å². The Bertz CT molecular complexity index is 361. The summed E-state index contributed by atoms with van der Waals surface area (Å²) in [5.41, 5.74) is 2.55. The van der Waals surface area contributed by atoms with Crippen LogP contribution in [0.5, 0.6) is 0 Å². The van der Waals surface area contributed by atoms with E-state index in [0.717, 1.165) is 39.4 Å². The third-order valence-corrected chi connectivity index (χ3v) is 3.45. The van der Waals surface area contributed by atoms with Gasteiger partial charge in [-0.25, -0.2) is 0 Å². The van der Waals surface area contributed by atoms with Crippen LogP contribution in [0.15, 0.2) is 24.3 Å². The first-order valence-electron chi connectivity index (χ1n) is 7.03. The Balaban J connectivity index is 1.80. The van der Waals surface area contributed by atoms with Crippen molar-refractivity contribution >= 4 is 5.69 Å². The summed E-state index contributed by atoms with van der Waals surface area (Å²) in [5.74, 6) is 0.313. The molecule has 2 rings (SSSR count). The van der Waals surface area contributed by atoms with E-state index in [4.69, 9.17) is 9.84 Å². The molecule has 2 N–H and O–H groups in total. The second-order valence-electron chi connectivity index (χ2n) is 5.18.